The van der Waals surface area contributed by atoms with Gasteiger partial charge in [-0.25, -0.2) is 0 Å². The molecule has 0 N–H and O–H groups in total. The smallest absolute Gasteiger partial charge is 0.246 e. The van der Waals surface area contributed by atoms with Crippen molar-refractivity contribution >= 4 is 29.3 Å². The summed E-state index contributed by atoms with van der Waals surface area (Å²) in [6.07, 6.45) is 3.37. The zero-order valence-electron chi connectivity index (χ0n) is 16.1. The van der Waals surface area contributed by atoms with Crippen LogP contribution in [0.25, 0.3) is 17.5 Å². The lowest BCUT2D eigenvalue weighted by atomic mass is 10.1. The molecule has 0 radical (unpaired) electrons. The van der Waals surface area contributed by atoms with Gasteiger partial charge in [-0.15, -0.1) is 0 Å². The third-order valence-corrected chi connectivity index (χ3v) is 5.26. The number of rotatable bonds is 4. The van der Waals surface area contributed by atoms with Crippen molar-refractivity contribution in [3.8, 4) is 11.4 Å². The van der Waals surface area contributed by atoms with E-state index in [4.69, 9.17) is 16.1 Å². The Bertz CT molecular complexity index is 1020. The zero-order valence-corrected chi connectivity index (χ0v) is 16.8. The molecule has 1 fully saturated rings. The van der Waals surface area contributed by atoms with Crippen LogP contribution < -0.4 is 4.90 Å². The van der Waals surface area contributed by atoms with Crippen LogP contribution in [-0.4, -0.2) is 47.1 Å². The van der Waals surface area contributed by atoms with Crippen molar-refractivity contribution in [3.63, 3.8) is 0 Å². The zero-order chi connectivity index (χ0) is 20.2. The quantitative estimate of drug-likeness (QED) is 0.609. The maximum atomic E-state index is 12.5. The van der Waals surface area contributed by atoms with Gasteiger partial charge in [0.1, 0.15) is 0 Å². The molecule has 7 heteroatoms. The summed E-state index contributed by atoms with van der Waals surface area (Å²) in [5.41, 5.74) is 2.88. The number of nitrogens with zero attached hydrogens (tertiary/aromatic N) is 4. The molecular weight excluding hydrogens is 388 g/mol. The number of hydrogen-bond acceptors (Lipinski definition) is 5. The van der Waals surface area contributed by atoms with Gasteiger partial charge >= 0.3 is 0 Å². The second kappa shape index (κ2) is 8.49. The Hall–Kier alpha value is -3.12. The van der Waals surface area contributed by atoms with Gasteiger partial charge in [-0.3, -0.25) is 4.79 Å². The fraction of sp³-hybridized carbons (Fsp3) is 0.227. The first-order valence-corrected chi connectivity index (χ1v) is 9.85. The lowest BCUT2D eigenvalue weighted by Gasteiger charge is -2.35. The van der Waals surface area contributed by atoms with Crippen LogP contribution in [-0.2, 0) is 4.79 Å². The van der Waals surface area contributed by atoms with Crippen molar-refractivity contribution in [2.45, 2.75) is 6.92 Å². The van der Waals surface area contributed by atoms with Gasteiger partial charge in [0.2, 0.25) is 17.6 Å². The molecule has 0 bridgehead atoms. The third kappa shape index (κ3) is 4.49. The predicted molar refractivity (Wildman–Crippen MR) is 114 cm³/mol. The molecule has 0 spiro atoms. The number of amides is 1. The molecule has 1 aromatic heterocycles. The third-order valence-electron chi connectivity index (χ3n) is 4.92. The van der Waals surface area contributed by atoms with Gasteiger partial charge in [0.25, 0.3) is 0 Å². The molecule has 0 aliphatic carbocycles. The summed E-state index contributed by atoms with van der Waals surface area (Å²) in [7, 11) is 0. The lowest BCUT2D eigenvalue weighted by Crippen LogP contribution is -2.48. The highest BCUT2D eigenvalue weighted by atomic mass is 35.5. The predicted octanol–water partition coefficient (Wildman–Crippen LogP) is 4.06. The average molecular weight is 409 g/mol. The molecule has 4 rings (SSSR count). The first-order valence-electron chi connectivity index (χ1n) is 9.47. The monoisotopic (exact) mass is 408 g/mol. The van der Waals surface area contributed by atoms with Crippen LogP contribution >= 0.6 is 11.6 Å². The molecule has 2 aromatic carbocycles. The Balaban J connectivity index is 1.34. The van der Waals surface area contributed by atoms with Crippen LogP contribution in [0.3, 0.4) is 0 Å². The minimum atomic E-state index is 0.00685. The van der Waals surface area contributed by atoms with Crippen LogP contribution in [0.2, 0.25) is 5.02 Å². The van der Waals surface area contributed by atoms with Gasteiger partial charge in [0.05, 0.1) is 0 Å². The Morgan fingerprint density at radius 2 is 1.79 bits per heavy atom. The first kappa shape index (κ1) is 19.2. The van der Waals surface area contributed by atoms with E-state index in [0.717, 1.165) is 29.9 Å². The highest BCUT2D eigenvalue weighted by Crippen LogP contribution is 2.22. The van der Waals surface area contributed by atoms with Gasteiger partial charge < -0.3 is 14.3 Å². The molecule has 1 amide bonds. The second-order valence-electron chi connectivity index (χ2n) is 6.85. The van der Waals surface area contributed by atoms with Crippen molar-refractivity contribution in [2.75, 3.05) is 31.1 Å². The maximum Gasteiger partial charge on any atom is 0.246 e. The number of halogens is 1. The number of carbonyl (C=O) groups excluding carboxylic acids is 1. The number of aromatic nitrogens is 2. The fourth-order valence-corrected chi connectivity index (χ4v) is 3.50. The van der Waals surface area contributed by atoms with Crippen molar-refractivity contribution in [1.82, 2.24) is 15.0 Å². The number of carbonyl (C=O) groups is 1. The summed E-state index contributed by atoms with van der Waals surface area (Å²) in [5.74, 6) is 1.15. The topological polar surface area (TPSA) is 62.5 Å². The molecular formula is C22H21ClN4O2. The second-order valence-corrected chi connectivity index (χ2v) is 7.26. The molecule has 29 heavy (non-hydrogen) atoms. The van der Waals surface area contributed by atoms with E-state index in [0.29, 0.717) is 29.8 Å². The van der Waals surface area contributed by atoms with Crippen molar-refractivity contribution in [3.05, 3.63) is 71.1 Å². The first-order chi connectivity index (χ1) is 14.1. The Labute approximate surface area is 174 Å². The molecule has 2 heterocycles. The molecule has 1 aliphatic rings. The van der Waals surface area contributed by atoms with E-state index >= 15 is 0 Å². The SMILES string of the molecule is Cc1nc(-c2ccc(N3CCN(C(=O)C=Cc4ccccc4Cl)CC3)cc2)no1. The number of aryl methyl sites for hydroxylation is 1. The highest BCUT2D eigenvalue weighted by Gasteiger charge is 2.20. The maximum absolute atomic E-state index is 12.5. The number of anilines is 1. The Kier molecular flexibility index (Phi) is 5.62. The summed E-state index contributed by atoms with van der Waals surface area (Å²) in [6.45, 7) is 4.70. The normalized spacial score (nSPS) is 14.6. The van der Waals surface area contributed by atoms with Crippen LogP contribution in [0, 0.1) is 6.92 Å². The van der Waals surface area contributed by atoms with E-state index < -0.39 is 0 Å². The van der Waals surface area contributed by atoms with E-state index in [1.54, 1.807) is 19.1 Å². The summed E-state index contributed by atoms with van der Waals surface area (Å²) in [6, 6.07) is 15.6. The molecule has 0 saturated carbocycles. The van der Waals surface area contributed by atoms with E-state index in [-0.39, 0.29) is 5.91 Å². The van der Waals surface area contributed by atoms with Gasteiger partial charge in [-0.05, 0) is 42.0 Å². The van der Waals surface area contributed by atoms with Crippen LogP contribution in [0.4, 0.5) is 5.69 Å². The van der Waals surface area contributed by atoms with E-state index in [1.807, 2.05) is 41.3 Å². The summed E-state index contributed by atoms with van der Waals surface area (Å²) in [5, 5.41) is 4.58. The largest absolute Gasteiger partial charge is 0.368 e. The standard InChI is InChI=1S/C22H21ClN4O2/c1-16-24-22(25-29-16)18-6-9-19(10-7-18)26-12-14-27(15-13-26)21(28)11-8-17-4-2-3-5-20(17)23/h2-11H,12-15H2,1H3. The molecule has 0 unspecified atom stereocenters. The molecule has 0 atom stereocenters. The minimum Gasteiger partial charge on any atom is -0.368 e. The van der Waals surface area contributed by atoms with Gasteiger partial charge in [0, 0.05) is 55.5 Å². The van der Waals surface area contributed by atoms with Crippen molar-refractivity contribution in [2.24, 2.45) is 0 Å². The highest BCUT2D eigenvalue weighted by molar-refractivity contribution is 6.32. The van der Waals surface area contributed by atoms with Gasteiger partial charge in [-0.1, -0.05) is 35.0 Å². The van der Waals surface area contributed by atoms with Crippen LogP contribution in [0.1, 0.15) is 11.5 Å². The Morgan fingerprint density at radius 3 is 2.45 bits per heavy atom. The average Bonchev–Trinajstić information content (AvgIpc) is 3.19. The van der Waals surface area contributed by atoms with Gasteiger partial charge in [0.15, 0.2) is 0 Å². The van der Waals surface area contributed by atoms with Crippen LogP contribution in [0.5, 0.6) is 0 Å². The van der Waals surface area contributed by atoms with E-state index in [9.17, 15) is 4.79 Å². The summed E-state index contributed by atoms with van der Waals surface area (Å²) in [4.78, 5) is 20.9. The van der Waals surface area contributed by atoms with E-state index in [1.165, 1.54) is 0 Å². The van der Waals surface area contributed by atoms with E-state index in [2.05, 4.69) is 27.2 Å². The molecule has 148 valence electrons. The molecule has 3 aromatic rings. The lowest BCUT2D eigenvalue weighted by molar-refractivity contribution is -0.126. The summed E-state index contributed by atoms with van der Waals surface area (Å²) >= 11 is 6.14. The fourth-order valence-electron chi connectivity index (χ4n) is 3.30. The van der Waals surface area contributed by atoms with Crippen LogP contribution in [0.15, 0.2) is 59.1 Å². The van der Waals surface area contributed by atoms with Crippen molar-refractivity contribution < 1.29 is 9.32 Å². The van der Waals surface area contributed by atoms with Gasteiger partial charge in [-0.2, -0.15) is 4.98 Å². The molecule has 1 aliphatic heterocycles. The summed E-state index contributed by atoms with van der Waals surface area (Å²) < 4.78 is 5.03. The number of hydrogen-bond donors (Lipinski definition) is 0. The molecule has 1 saturated heterocycles. The number of benzene rings is 2. The number of piperazine rings is 1. The molecule has 6 nitrogen and oxygen atoms in total. The van der Waals surface area contributed by atoms with Crippen molar-refractivity contribution in [1.29, 1.82) is 0 Å². The minimum absolute atomic E-state index is 0.00685. The Morgan fingerprint density at radius 1 is 1.07 bits per heavy atom.